The van der Waals surface area contributed by atoms with Crippen molar-refractivity contribution in [3.8, 4) is 0 Å². The number of hydrogen-bond donors (Lipinski definition) is 1. The fourth-order valence-electron chi connectivity index (χ4n) is 0.896. The van der Waals surface area contributed by atoms with Gasteiger partial charge in [-0.05, 0) is 20.4 Å². The van der Waals surface area contributed by atoms with Gasteiger partial charge < -0.3 is 24.7 Å². The molecule has 5 heteroatoms. The summed E-state index contributed by atoms with van der Waals surface area (Å²) >= 11 is 0. The zero-order chi connectivity index (χ0) is 12.2. The number of ether oxygens (including phenoxy) is 4. The molecular formula is C11H23NO4. The Morgan fingerprint density at radius 2 is 1.50 bits per heavy atom. The van der Waals surface area contributed by atoms with Gasteiger partial charge in [-0.2, -0.15) is 0 Å². The Bertz CT molecular complexity index is 173. The third-order valence-corrected chi connectivity index (χ3v) is 1.57. The Balaban J connectivity index is 2.96. The number of nitrogens with two attached hydrogens (primary N) is 1. The van der Waals surface area contributed by atoms with Crippen LogP contribution in [-0.2, 0) is 18.9 Å². The van der Waals surface area contributed by atoms with Gasteiger partial charge in [-0.3, -0.25) is 0 Å². The second-order valence-corrected chi connectivity index (χ2v) is 3.46. The summed E-state index contributed by atoms with van der Waals surface area (Å²) in [4.78, 5) is 0. The number of rotatable bonds is 11. The van der Waals surface area contributed by atoms with Gasteiger partial charge in [-0.15, -0.1) is 0 Å². The first-order chi connectivity index (χ1) is 7.63. The highest BCUT2D eigenvalue weighted by Crippen LogP contribution is 1.88. The Hall–Kier alpha value is -0.780. The van der Waals surface area contributed by atoms with Crippen LogP contribution in [0.15, 0.2) is 12.5 Å². The van der Waals surface area contributed by atoms with Crippen molar-refractivity contribution in [2.45, 2.75) is 20.0 Å². The second-order valence-electron chi connectivity index (χ2n) is 3.46. The van der Waals surface area contributed by atoms with Gasteiger partial charge in [0.05, 0.1) is 39.1 Å². The summed E-state index contributed by atoms with van der Waals surface area (Å²) in [7, 11) is 0. The van der Waals surface area contributed by atoms with E-state index in [0.29, 0.717) is 39.6 Å². The molecule has 0 rings (SSSR count). The molecule has 0 atom stereocenters. The highest BCUT2D eigenvalue weighted by molar-refractivity contribution is 4.70. The Labute approximate surface area is 97.5 Å². The quantitative estimate of drug-likeness (QED) is 0.424. The zero-order valence-corrected chi connectivity index (χ0v) is 10.2. The van der Waals surface area contributed by atoms with Crippen LogP contribution in [0.25, 0.3) is 0 Å². The second kappa shape index (κ2) is 10.7. The van der Waals surface area contributed by atoms with Crippen molar-refractivity contribution in [3.05, 3.63) is 12.5 Å². The van der Waals surface area contributed by atoms with E-state index in [1.807, 2.05) is 13.8 Å². The first-order valence-electron chi connectivity index (χ1n) is 5.47. The SMILES string of the molecule is C=C(N)OCCOCCOCCOC(C)C. The maximum Gasteiger partial charge on any atom is 0.176 e. The van der Waals surface area contributed by atoms with Crippen molar-refractivity contribution < 1.29 is 18.9 Å². The van der Waals surface area contributed by atoms with E-state index in [0.717, 1.165) is 0 Å². The minimum absolute atomic E-state index is 0.214. The molecule has 0 saturated carbocycles. The van der Waals surface area contributed by atoms with Gasteiger partial charge >= 0.3 is 0 Å². The van der Waals surface area contributed by atoms with E-state index >= 15 is 0 Å². The van der Waals surface area contributed by atoms with E-state index in [1.165, 1.54) is 0 Å². The molecule has 5 nitrogen and oxygen atoms in total. The predicted octanol–water partition coefficient (Wildman–Crippen LogP) is 0.891. The summed E-state index contributed by atoms with van der Waals surface area (Å²) in [5.74, 6) is 0.214. The van der Waals surface area contributed by atoms with Crippen LogP contribution in [0.3, 0.4) is 0 Å². The van der Waals surface area contributed by atoms with E-state index in [4.69, 9.17) is 24.7 Å². The van der Waals surface area contributed by atoms with E-state index in [-0.39, 0.29) is 12.0 Å². The summed E-state index contributed by atoms with van der Waals surface area (Å²) in [5.41, 5.74) is 5.20. The average molecular weight is 233 g/mol. The van der Waals surface area contributed by atoms with Crippen molar-refractivity contribution in [1.29, 1.82) is 0 Å². The Kier molecular flexibility index (Phi) is 10.2. The van der Waals surface area contributed by atoms with Crippen LogP contribution in [0.5, 0.6) is 0 Å². The van der Waals surface area contributed by atoms with Crippen LogP contribution in [-0.4, -0.2) is 45.7 Å². The smallest absolute Gasteiger partial charge is 0.176 e. The van der Waals surface area contributed by atoms with Crippen molar-refractivity contribution >= 4 is 0 Å². The molecule has 0 aromatic heterocycles. The molecule has 0 bridgehead atoms. The first-order valence-corrected chi connectivity index (χ1v) is 5.47. The van der Waals surface area contributed by atoms with Gasteiger partial charge in [-0.1, -0.05) is 0 Å². The summed E-state index contributed by atoms with van der Waals surface area (Å²) in [6, 6.07) is 0. The number of hydrogen-bond acceptors (Lipinski definition) is 5. The molecule has 0 aliphatic rings. The van der Waals surface area contributed by atoms with Crippen LogP contribution in [0.4, 0.5) is 0 Å². The molecule has 16 heavy (non-hydrogen) atoms. The summed E-state index contributed by atoms with van der Waals surface area (Å²) in [6.45, 7) is 10.6. The fraction of sp³-hybridized carbons (Fsp3) is 0.818. The lowest BCUT2D eigenvalue weighted by molar-refractivity contribution is -0.00752. The van der Waals surface area contributed by atoms with E-state index in [2.05, 4.69) is 6.58 Å². The highest BCUT2D eigenvalue weighted by Gasteiger charge is 1.94. The molecule has 0 radical (unpaired) electrons. The van der Waals surface area contributed by atoms with Crippen molar-refractivity contribution in [2.24, 2.45) is 5.73 Å². The van der Waals surface area contributed by atoms with Gasteiger partial charge in [0.1, 0.15) is 6.61 Å². The molecule has 96 valence electrons. The molecule has 0 unspecified atom stereocenters. The van der Waals surface area contributed by atoms with Crippen molar-refractivity contribution in [1.82, 2.24) is 0 Å². The summed E-state index contributed by atoms with van der Waals surface area (Å²) in [5, 5.41) is 0. The molecule has 0 aliphatic carbocycles. The minimum atomic E-state index is 0.214. The Morgan fingerprint density at radius 3 is 2.00 bits per heavy atom. The van der Waals surface area contributed by atoms with Crippen molar-refractivity contribution in [2.75, 3.05) is 39.6 Å². The molecule has 0 heterocycles. The van der Waals surface area contributed by atoms with Crippen molar-refractivity contribution in [3.63, 3.8) is 0 Å². The van der Waals surface area contributed by atoms with E-state index in [9.17, 15) is 0 Å². The maximum atomic E-state index is 5.30. The topological polar surface area (TPSA) is 62.9 Å². The lowest BCUT2D eigenvalue weighted by Gasteiger charge is -2.08. The molecule has 0 aliphatic heterocycles. The van der Waals surface area contributed by atoms with Crippen LogP contribution in [0.2, 0.25) is 0 Å². The predicted molar refractivity (Wildman–Crippen MR) is 62.0 cm³/mol. The van der Waals surface area contributed by atoms with Crippen LogP contribution < -0.4 is 5.73 Å². The lowest BCUT2D eigenvalue weighted by atomic mass is 10.5. The standard InChI is InChI=1S/C11H23NO4/c1-10(2)15-8-6-13-4-5-14-7-9-16-11(3)12/h10H,3-9,12H2,1-2H3. The molecule has 0 fully saturated rings. The first kappa shape index (κ1) is 15.2. The normalized spacial score (nSPS) is 10.7. The third kappa shape index (κ3) is 13.2. The molecule has 0 saturated heterocycles. The van der Waals surface area contributed by atoms with Gasteiger partial charge in [0.25, 0.3) is 0 Å². The largest absolute Gasteiger partial charge is 0.477 e. The molecular weight excluding hydrogens is 210 g/mol. The lowest BCUT2D eigenvalue weighted by Crippen LogP contribution is -2.14. The molecule has 0 aromatic rings. The Morgan fingerprint density at radius 1 is 1.00 bits per heavy atom. The van der Waals surface area contributed by atoms with Crippen LogP contribution >= 0.6 is 0 Å². The zero-order valence-electron chi connectivity index (χ0n) is 10.2. The minimum Gasteiger partial charge on any atom is -0.477 e. The molecule has 0 aromatic carbocycles. The van der Waals surface area contributed by atoms with E-state index < -0.39 is 0 Å². The van der Waals surface area contributed by atoms with E-state index in [1.54, 1.807) is 0 Å². The molecule has 2 N–H and O–H groups in total. The molecule has 0 spiro atoms. The monoisotopic (exact) mass is 233 g/mol. The van der Waals surface area contributed by atoms with Crippen LogP contribution in [0, 0.1) is 0 Å². The summed E-state index contributed by atoms with van der Waals surface area (Å²) in [6.07, 6.45) is 0.251. The van der Waals surface area contributed by atoms with Gasteiger partial charge in [0.2, 0.25) is 0 Å². The van der Waals surface area contributed by atoms with Gasteiger partial charge in [0.15, 0.2) is 5.88 Å². The fourth-order valence-corrected chi connectivity index (χ4v) is 0.896. The average Bonchev–Trinajstić information content (AvgIpc) is 2.20. The maximum absolute atomic E-state index is 5.30. The highest BCUT2D eigenvalue weighted by atomic mass is 16.6. The molecule has 0 amide bonds. The summed E-state index contributed by atoms with van der Waals surface area (Å²) < 4.78 is 20.7. The third-order valence-electron chi connectivity index (χ3n) is 1.57. The van der Waals surface area contributed by atoms with Gasteiger partial charge in [0, 0.05) is 0 Å². The van der Waals surface area contributed by atoms with Crippen LogP contribution in [0.1, 0.15) is 13.8 Å². The van der Waals surface area contributed by atoms with Gasteiger partial charge in [-0.25, -0.2) is 0 Å².